The van der Waals surface area contributed by atoms with Crippen LogP contribution in [0.4, 0.5) is 13.2 Å². The molecular weight excluding hydrogens is 287 g/mol. The van der Waals surface area contributed by atoms with Crippen LogP contribution in [0.2, 0.25) is 0 Å². The third kappa shape index (κ3) is 2.07. The number of amides is 1. The van der Waals surface area contributed by atoms with E-state index in [0.29, 0.717) is 17.7 Å². The first-order chi connectivity index (χ1) is 9.76. The highest BCUT2D eigenvalue weighted by molar-refractivity contribution is 5.89. The summed E-state index contributed by atoms with van der Waals surface area (Å²) in [5.41, 5.74) is 0.527. The third-order valence-corrected chi connectivity index (χ3v) is 4.20. The Balaban J connectivity index is 2.11. The van der Waals surface area contributed by atoms with Crippen LogP contribution >= 0.6 is 0 Å². The van der Waals surface area contributed by atoms with E-state index in [2.05, 4.69) is 0 Å². The quantitative estimate of drug-likeness (QED) is 0.865. The molecule has 1 heterocycles. The van der Waals surface area contributed by atoms with Crippen molar-refractivity contribution in [3.05, 3.63) is 35.4 Å². The molecule has 1 spiro atoms. The number of hydrogen-bond acceptors (Lipinski definition) is 2. The van der Waals surface area contributed by atoms with Gasteiger partial charge in [0.05, 0.1) is 0 Å². The maximum Gasteiger partial charge on any atom is 0.471 e. The summed E-state index contributed by atoms with van der Waals surface area (Å²) in [5.74, 6) is -3.54. The van der Waals surface area contributed by atoms with Gasteiger partial charge in [-0.1, -0.05) is 24.3 Å². The van der Waals surface area contributed by atoms with Gasteiger partial charge in [-0.2, -0.15) is 13.2 Å². The van der Waals surface area contributed by atoms with Crippen molar-refractivity contribution in [1.82, 2.24) is 4.90 Å². The molecule has 1 aromatic carbocycles. The summed E-state index contributed by atoms with van der Waals surface area (Å²) >= 11 is 0. The first-order valence-electron chi connectivity index (χ1n) is 6.46. The van der Waals surface area contributed by atoms with E-state index in [4.69, 9.17) is 0 Å². The molecule has 0 saturated heterocycles. The summed E-state index contributed by atoms with van der Waals surface area (Å²) in [5, 5.41) is 9.30. The predicted molar refractivity (Wildman–Crippen MR) is 65.5 cm³/mol. The molecular formula is C14H12F3NO3. The van der Waals surface area contributed by atoms with E-state index in [0.717, 1.165) is 5.56 Å². The second-order valence-electron chi connectivity index (χ2n) is 5.54. The summed E-state index contributed by atoms with van der Waals surface area (Å²) in [6.45, 7) is -0.195. The zero-order valence-electron chi connectivity index (χ0n) is 10.9. The molecule has 1 N–H and O–H groups in total. The summed E-state index contributed by atoms with van der Waals surface area (Å²) in [4.78, 5) is 23.5. The van der Waals surface area contributed by atoms with Crippen LogP contribution in [0.5, 0.6) is 0 Å². The van der Waals surface area contributed by atoms with Crippen LogP contribution in [0.25, 0.3) is 0 Å². The SMILES string of the molecule is O=C(O)C1c2ccccc2C2(CC2)CN1C(=O)C(F)(F)F. The molecule has 1 saturated carbocycles. The maximum atomic E-state index is 12.7. The fourth-order valence-corrected chi connectivity index (χ4v) is 3.09. The van der Waals surface area contributed by atoms with Crippen molar-refractivity contribution in [2.75, 3.05) is 6.54 Å². The van der Waals surface area contributed by atoms with Gasteiger partial charge in [0.15, 0.2) is 6.04 Å². The second-order valence-corrected chi connectivity index (χ2v) is 5.54. The Kier molecular flexibility index (Phi) is 2.80. The number of carbonyl (C=O) groups is 2. The third-order valence-electron chi connectivity index (χ3n) is 4.20. The molecule has 0 aromatic heterocycles. The van der Waals surface area contributed by atoms with Crippen LogP contribution in [-0.4, -0.2) is 34.6 Å². The molecule has 1 aliphatic carbocycles. The Hall–Kier alpha value is -2.05. The van der Waals surface area contributed by atoms with E-state index >= 15 is 0 Å². The Morgan fingerprint density at radius 2 is 1.86 bits per heavy atom. The normalized spacial score (nSPS) is 22.8. The summed E-state index contributed by atoms with van der Waals surface area (Å²) in [6.07, 6.45) is -3.74. The van der Waals surface area contributed by atoms with Crippen LogP contribution in [0, 0.1) is 0 Å². The molecule has 3 rings (SSSR count). The predicted octanol–water partition coefficient (Wildman–Crippen LogP) is 2.25. The summed E-state index contributed by atoms with van der Waals surface area (Å²) in [7, 11) is 0. The van der Waals surface area contributed by atoms with Crippen molar-refractivity contribution in [2.24, 2.45) is 0 Å². The minimum absolute atomic E-state index is 0.195. The molecule has 1 unspecified atom stereocenters. The average molecular weight is 299 g/mol. The van der Waals surface area contributed by atoms with Crippen molar-refractivity contribution < 1.29 is 27.9 Å². The van der Waals surface area contributed by atoms with Crippen LogP contribution in [0.1, 0.15) is 30.0 Å². The number of carboxylic acid groups (broad SMARTS) is 1. The lowest BCUT2D eigenvalue weighted by atomic mass is 9.82. The standard InChI is InChI=1S/C14H12F3NO3/c15-14(16,17)12(21)18-7-13(5-6-13)9-4-2-1-3-8(9)10(18)11(19)20/h1-4,10H,5-7H2,(H,19,20). The molecule has 4 nitrogen and oxygen atoms in total. The molecule has 2 aliphatic rings. The Morgan fingerprint density at radius 1 is 1.24 bits per heavy atom. The minimum Gasteiger partial charge on any atom is -0.479 e. The van der Waals surface area contributed by atoms with Gasteiger partial charge in [0, 0.05) is 12.0 Å². The minimum atomic E-state index is -5.07. The molecule has 1 amide bonds. The number of carbonyl (C=O) groups excluding carboxylic acids is 1. The van der Waals surface area contributed by atoms with Crippen LogP contribution in [-0.2, 0) is 15.0 Å². The van der Waals surface area contributed by atoms with Gasteiger partial charge in [0.1, 0.15) is 0 Å². The molecule has 1 aromatic rings. The number of hydrogen-bond donors (Lipinski definition) is 1. The van der Waals surface area contributed by atoms with Gasteiger partial charge in [-0.15, -0.1) is 0 Å². The summed E-state index contributed by atoms with van der Waals surface area (Å²) in [6, 6.07) is 4.96. The first kappa shape index (κ1) is 13.9. The number of halogens is 3. The van der Waals surface area contributed by atoms with Crippen molar-refractivity contribution in [2.45, 2.75) is 30.5 Å². The van der Waals surface area contributed by atoms with E-state index in [-0.39, 0.29) is 12.1 Å². The number of benzene rings is 1. The number of aliphatic carboxylic acids is 1. The number of carboxylic acids is 1. The molecule has 112 valence electrons. The van der Waals surface area contributed by atoms with Gasteiger partial charge in [0.25, 0.3) is 0 Å². The van der Waals surface area contributed by atoms with Crippen molar-refractivity contribution >= 4 is 11.9 Å². The van der Waals surface area contributed by atoms with E-state index < -0.39 is 29.5 Å². The van der Waals surface area contributed by atoms with Gasteiger partial charge in [-0.05, 0) is 24.0 Å². The van der Waals surface area contributed by atoms with Crippen LogP contribution < -0.4 is 0 Å². The lowest BCUT2D eigenvalue weighted by molar-refractivity contribution is -0.191. The van der Waals surface area contributed by atoms with Crippen molar-refractivity contribution in [3.63, 3.8) is 0 Å². The molecule has 1 atom stereocenters. The molecule has 1 aliphatic heterocycles. The Morgan fingerprint density at radius 3 is 2.38 bits per heavy atom. The van der Waals surface area contributed by atoms with Gasteiger partial charge in [0.2, 0.25) is 0 Å². The van der Waals surface area contributed by atoms with E-state index in [9.17, 15) is 27.9 Å². The van der Waals surface area contributed by atoms with Gasteiger partial charge < -0.3 is 10.0 Å². The molecule has 21 heavy (non-hydrogen) atoms. The first-order valence-corrected chi connectivity index (χ1v) is 6.46. The fraction of sp³-hybridized carbons (Fsp3) is 0.429. The zero-order valence-corrected chi connectivity index (χ0v) is 10.9. The van der Waals surface area contributed by atoms with Crippen molar-refractivity contribution in [3.8, 4) is 0 Å². The highest BCUT2D eigenvalue weighted by Gasteiger charge is 2.57. The van der Waals surface area contributed by atoms with Gasteiger partial charge in [-0.3, -0.25) is 4.79 Å². The smallest absolute Gasteiger partial charge is 0.471 e. The van der Waals surface area contributed by atoms with E-state index in [1.54, 1.807) is 18.2 Å². The topological polar surface area (TPSA) is 57.6 Å². The monoisotopic (exact) mass is 299 g/mol. The number of fused-ring (bicyclic) bond motifs is 2. The Bertz CT molecular complexity index is 622. The second kappa shape index (κ2) is 4.22. The lowest BCUT2D eigenvalue weighted by Crippen LogP contribution is -2.52. The molecule has 0 radical (unpaired) electrons. The fourth-order valence-electron chi connectivity index (χ4n) is 3.09. The summed E-state index contributed by atoms with van der Waals surface area (Å²) < 4.78 is 38.2. The van der Waals surface area contributed by atoms with Crippen LogP contribution in [0.15, 0.2) is 24.3 Å². The van der Waals surface area contributed by atoms with Gasteiger partial charge in [-0.25, -0.2) is 4.79 Å². The lowest BCUT2D eigenvalue weighted by Gasteiger charge is -2.39. The maximum absolute atomic E-state index is 12.7. The zero-order chi connectivity index (χ0) is 15.4. The highest BCUT2D eigenvalue weighted by atomic mass is 19.4. The molecule has 0 bridgehead atoms. The highest BCUT2D eigenvalue weighted by Crippen LogP contribution is 2.55. The van der Waals surface area contributed by atoms with E-state index in [1.165, 1.54) is 6.07 Å². The molecule has 1 fully saturated rings. The largest absolute Gasteiger partial charge is 0.479 e. The molecule has 7 heteroatoms. The van der Waals surface area contributed by atoms with Crippen LogP contribution in [0.3, 0.4) is 0 Å². The number of rotatable bonds is 1. The number of nitrogens with zero attached hydrogens (tertiary/aromatic N) is 1. The van der Waals surface area contributed by atoms with Crippen molar-refractivity contribution in [1.29, 1.82) is 0 Å². The van der Waals surface area contributed by atoms with E-state index in [1.807, 2.05) is 0 Å². The number of alkyl halides is 3. The van der Waals surface area contributed by atoms with Gasteiger partial charge >= 0.3 is 18.1 Å². The Labute approximate surface area is 118 Å². The average Bonchev–Trinajstić information content (AvgIpc) is 3.16.